The first-order valence-corrected chi connectivity index (χ1v) is 11.1. The molecule has 0 N–H and O–H groups in total. The highest BCUT2D eigenvalue weighted by atomic mass is 35.5. The van der Waals surface area contributed by atoms with Crippen molar-refractivity contribution in [3.8, 4) is 16.8 Å². The Labute approximate surface area is 188 Å². The molecule has 0 fully saturated rings. The summed E-state index contributed by atoms with van der Waals surface area (Å²) in [5.74, 6) is 0.378. The van der Waals surface area contributed by atoms with Gasteiger partial charge in [-0.2, -0.15) is 0 Å². The number of fused-ring (bicyclic) bond motifs is 1. The lowest BCUT2D eigenvalue weighted by Crippen LogP contribution is -1.95. The third-order valence-electron chi connectivity index (χ3n) is 4.98. The molecule has 152 valence electrons. The van der Waals surface area contributed by atoms with Gasteiger partial charge in [0.2, 0.25) is 0 Å². The van der Waals surface area contributed by atoms with E-state index in [4.69, 9.17) is 11.6 Å². The summed E-state index contributed by atoms with van der Waals surface area (Å²) < 4.78 is 15.6. The van der Waals surface area contributed by atoms with Gasteiger partial charge in [0.05, 0.1) is 5.39 Å². The highest BCUT2D eigenvalue weighted by molar-refractivity contribution is 7.98. The molecule has 0 bridgehead atoms. The van der Waals surface area contributed by atoms with Crippen LogP contribution in [0.25, 0.3) is 27.8 Å². The van der Waals surface area contributed by atoms with Gasteiger partial charge in [-0.1, -0.05) is 60.1 Å². The van der Waals surface area contributed by atoms with E-state index in [1.54, 1.807) is 30.2 Å². The number of hydrogen-bond acceptors (Lipinski definition) is 3. The van der Waals surface area contributed by atoms with Crippen molar-refractivity contribution in [2.24, 2.45) is 0 Å². The lowest BCUT2D eigenvalue weighted by molar-refractivity contribution is 0.626. The highest BCUT2D eigenvalue weighted by Gasteiger charge is 2.18. The molecule has 6 heteroatoms. The quantitative estimate of drug-likeness (QED) is 0.212. The molecule has 0 saturated carbocycles. The fourth-order valence-corrected chi connectivity index (χ4v) is 4.72. The van der Waals surface area contributed by atoms with Crippen molar-refractivity contribution in [2.45, 2.75) is 10.8 Å². The van der Waals surface area contributed by atoms with E-state index in [-0.39, 0.29) is 5.82 Å². The fraction of sp³-hybridized carbons (Fsp3) is 0.0400. The van der Waals surface area contributed by atoms with Crippen molar-refractivity contribution in [1.82, 2.24) is 14.5 Å². The summed E-state index contributed by atoms with van der Waals surface area (Å²) in [6.45, 7) is 0. The second-order valence-electron chi connectivity index (χ2n) is 7.05. The zero-order chi connectivity index (χ0) is 21.2. The summed E-state index contributed by atoms with van der Waals surface area (Å²) in [6.07, 6.45) is 3.65. The molecule has 0 radical (unpaired) electrons. The zero-order valence-corrected chi connectivity index (χ0v) is 17.9. The lowest BCUT2D eigenvalue weighted by Gasteiger charge is -2.07. The standard InChI is InChI=1S/C25H17ClFN3S/c26-19-9-5-11-21(13-19)30-14-22(18-7-2-1-3-8-18)23-24(30)28-16-29-25(23)31-15-17-6-4-10-20(27)12-17/h1-14,16H,15H2. The number of benzene rings is 3. The van der Waals surface area contributed by atoms with E-state index >= 15 is 0 Å². The molecule has 5 rings (SSSR count). The van der Waals surface area contributed by atoms with Crippen LogP contribution in [0.5, 0.6) is 0 Å². The Hall–Kier alpha value is -3.15. The minimum atomic E-state index is -0.233. The Morgan fingerprint density at radius 3 is 2.55 bits per heavy atom. The van der Waals surface area contributed by atoms with Gasteiger partial charge in [0.25, 0.3) is 0 Å². The second-order valence-corrected chi connectivity index (χ2v) is 8.46. The molecule has 5 aromatic rings. The van der Waals surface area contributed by atoms with Crippen LogP contribution >= 0.6 is 23.4 Å². The molecule has 3 aromatic carbocycles. The van der Waals surface area contributed by atoms with Crippen LogP contribution < -0.4 is 0 Å². The number of nitrogens with zero attached hydrogens (tertiary/aromatic N) is 3. The summed E-state index contributed by atoms with van der Waals surface area (Å²) in [4.78, 5) is 9.17. The molecule has 0 atom stereocenters. The molecule has 0 spiro atoms. The topological polar surface area (TPSA) is 30.7 Å². The average Bonchev–Trinajstić information content (AvgIpc) is 3.19. The number of rotatable bonds is 5. The summed E-state index contributed by atoms with van der Waals surface area (Å²) in [6, 6.07) is 24.5. The predicted molar refractivity (Wildman–Crippen MR) is 125 cm³/mol. The molecule has 3 nitrogen and oxygen atoms in total. The number of hydrogen-bond donors (Lipinski definition) is 0. The van der Waals surface area contributed by atoms with Gasteiger partial charge in [-0.25, -0.2) is 14.4 Å². The van der Waals surface area contributed by atoms with Gasteiger partial charge in [0.15, 0.2) is 0 Å². The molecule has 2 aromatic heterocycles. The number of halogens is 2. The Kier molecular flexibility index (Phi) is 5.45. The molecule has 0 aliphatic carbocycles. The van der Waals surface area contributed by atoms with E-state index < -0.39 is 0 Å². The van der Waals surface area contributed by atoms with Crippen molar-refractivity contribution in [3.05, 3.63) is 108 Å². The van der Waals surface area contributed by atoms with Crippen molar-refractivity contribution < 1.29 is 4.39 Å². The lowest BCUT2D eigenvalue weighted by atomic mass is 10.1. The normalized spacial score (nSPS) is 11.2. The highest BCUT2D eigenvalue weighted by Crippen LogP contribution is 2.37. The zero-order valence-electron chi connectivity index (χ0n) is 16.4. The fourth-order valence-electron chi connectivity index (χ4n) is 3.58. The molecule has 0 amide bonds. The first-order valence-electron chi connectivity index (χ1n) is 9.74. The first-order chi connectivity index (χ1) is 15.2. The monoisotopic (exact) mass is 445 g/mol. The van der Waals surface area contributed by atoms with E-state index in [9.17, 15) is 4.39 Å². The van der Waals surface area contributed by atoms with Gasteiger partial charge in [0, 0.05) is 28.2 Å². The van der Waals surface area contributed by atoms with Gasteiger partial charge >= 0.3 is 0 Å². The van der Waals surface area contributed by atoms with Gasteiger partial charge < -0.3 is 4.57 Å². The van der Waals surface area contributed by atoms with Crippen LogP contribution in [0, 0.1) is 5.82 Å². The molecule has 2 heterocycles. The van der Waals surface area contributed by atoms with Gasteiger partial charge in [0.1, 0.15) is 22.8 Å². The average molecular weight is 446 g/mol. The summed E-state index contributed by atoms with van der Waals surface area (Å²) in [7, 11) is 0. The van der Waals surface area contributed by atoms with Gasteiger partial charge in [-0.15, -0.1) is 11.8 Å². The van der Waals surface area contributed by atoms with Crippen LogP contribution in [0.1, 0.15) is 5.56 Å². The van der Waals surface area contributed by atoms with Crippen LogP contribution in [-0.2, 0) is 5.75 Å². The van der Waals surface area contributed by atoms with E-state index in [2.05, 4.69) is 28.3 Å². The van der Waals surface area contributed by atoms with E-state index in [1.807, 2.05) is 53.1 Å². The van der Waals surface area contributed by atoms with Crippen LogP contribution in [0.4, 0.5) is 4.39 Å². The maximum absolute atomic E-state index is 13.6. The van der Waals surface area contributed by atoms with Crippen molar-refractivity contribution in [2.75, 3.05) is 0 Å². The Morgan fingerprint density at radius 1 is 0.903 bits per heavy atom. The minimum absolute atomic E-state index is 0.233. The Bertz CT molecular complexity index is 1370. The van der Waals surface area contributed by atoms with Crippen LogP contribution in [0.15, 0.2) is 96.4 Å². The molecule has 0 saturated heterocycles. The maximum Gasteiger partial charge on any atom is 0.149 e. The molecular weight excluding hydrogens is 429 g/mol. The number of aromatic nitrogens is 3. The summed E-state index contributed by atoms with van der Waals surface area (Å²) in [5, 5.41) is 2.49. The number of thioether (sulfide) groups is 1. The summed E-state index contributed by atoms with van der Waals surface area (Å²) in [5.41, 5.74) is 4.76. The molecular formula is C25H17ClFN3S. The van der Waals surface area contributed by atoms with Crippen molar-refractivity contribution >= 4 is 34.4 Å². The van der Waals surface area contributed by atoms with E-state index in [0.29, 0.717) is 10.8 Å². The van der Waals surface area contributed by atoms with Crippen LogP contribution in [0.2, 0.25) is 5.02 Å². The third-order valence-corrected chi connectivity index (χ3v) is 6.28. The van der Waals surface area contributed by atoms with Crippen LogP contribution in [0.3, 0.4) is 0 Å². The SMILES string of the molecule is Fc1cccc(CSc2ncnc3c2c(-c2ccccc2)cn3-c2cccc(Cl)c2)c1. The molecule has 0 unspecified atom stereocenters. The largest absolute Gasteiger partial charge is 0.301 e. The van der Waals surface area contributed by atoms with E-state index in [1.165, 1.54) is 6.07 Å². The molecule has 0 aliphatic rings. The minimum Gasteiger partial charge on any atom is -0.301 e. The Balaban J connectivity index is 1.66. The predicted octanol–water partition coefficient (Wildman–Crippen LogP) is 7.17. The van der Waals surface area contributed by atoms with Gasteiger partial charge in [-0.05, 0) is 41.5 Å². The smallest absolute Gasteiger partial charge is 0.149 e. The maximum atomic E-state index is 13.6. The first kappa shape index (κ1) is 19.8. The molecule has 31 heavy (non-hydrogen) atoms. The summed E-state index contributed by atoms with van der Waals surface area (Å²) >= 11 is 7.83. The third kappa shape index (κ3) is 4.07. The van der Waals surface area contributed by atoms with Gasteiger partial charge in [-0.3, -0.25) is 0 Å². The Morgan fingerprint density at radius 2 is 1.74 bits per heavy atom. The van der Waals surface area contributed by atoms with E-state index in [0.717, 1.165) is 38.4 Å². The second kappa shape index (κ2) is 8.53. The molecule has 0 aliphatic heterocycles. The van der Waals surface area contributed by atoms with Crippen molar-refractivity contribution in [3.63, 3.8) is 0 Å². The van der Waals surface area contributed by atoms with Crippen LogP contribution in [-0.4, -0.2) is 14.5 Å². The van der Waals surface area contributed by atoms with Crippen molar-refractivity contribution in [1.29, 1.82) is 0 Å².